The number of carboxylic acid groups (broad SMARTS) is 1. The average Bonchev–Trinajstić information content (AvgIpc) is 2.62. The maximum absolute atomic E-state index is 13.4. The highest BCUT2D eigenvalue weighted by molar-refractivity contribution is 9.11. The predicted octanol–water partition coefficient (Wildman–Crippen LogP) is 4.18. The van der Waals surface area contributed by atoms with Crippen molar-refractivity contribution in [1.82, 2.24) is 9.21 Å². The van der Waals surface area contributed by atoms with Gasteiger partial charge in [-0.15, -0.1) is 24.8 Å². The number of ether oxygens (including phenoxy) is 1. The van der Waals surface area contributed by atoms with Gasteiger partial charge in [0.05, 0.1) is 4.47 Å². The average molecular weight is 631 g/mol. The van der Waals surface area contributed by atoms with Crippen LogP contribution in [0.2, 0.25) is 0 Å². The molecule has 0 fully saturated rings. The third kappa shape index (κ3) is 10.4. The molecule has 0 atom stereocenters. The van der Waals surface area contributed by atoms with Gasteiger partial charge in [-0.3, -0.25) is 0 Å². The number of likely N-dealkylation sites (N-methyl/N-ethyl adjacent to an activating group) is 1. The number of hydrogen-bond donors (Lipinski definition) is 1. The Morgan fingerprint density at radius 1 is 1.03 bits per heavy atom. The topological polar surface area (TPSA) is 104 Å². The number of sulfonamides is 1. The zero-order chi connectivity index (χ0) is 22.2. The van der Waals surface area contributed by atoms with Crippen LogP contribution in [0.1, 0.15) is 32.6 Å². The Kier molecular flexibility index (Phi) is 16.3. The van der Waals surface area contributed by atoms with Gasteiger partial charge in [-0.05, 0) is 48.6 Å². The molecule has 0 aliphatic heterocycles. The molecule has 0 aliphatic carbocycles. The van der Waals surface area contributed by atoms with Gasteiger partial charge in [-0.2, -0.15) is 4.31 Å². The van der Waals surface area contributed by atoms with Crippen LogP contribution in [0.15, 0.2) is 26.0 Å². The fourth-order valence-corrected chi connectivity index (χ4v) is 5.70. The van der Waals surface area contributed by atoms with Crippen molar-refractivity contribution >= 4 is 78.6 Å². The molecular formula is C18H28Br2Cl2N2O6S. The summed E-state index contributed by atoms with van der Waals surface area (Å²) in [5.74, 6) is -3.72. The second-order valence-electron chi connectivity index (χ2n) is 6.68. The van der Waals surface area contributed by atoms with Gasteiger partial charge in [-0.25, -0.2) is 18.0 Å². The third-order valence-corrected chi connectivity index (χ3v) is 6.97. The number of carbonyl (C=O) groups excluding carboxylic acids is 1. The number of benzene rings is 1. The zero-order valence-corrected chi connectivity index (χ0v) is 23.1. The number of halogens is 4. The van der Waals surface area contributed by atoms with Crippen LogP contribution in [0.4, 0.5) is 0 Å². The molecule has 13 heteroatoms. The van der Waals surface area contributed by atoms with E-state index in [0.717, 1.165) is 19.3 Å². The lowest BCUT2D eigenvalue weighted by Crippen LogP contribution is -2.37. The molecule has 0 heterocycles. The first-order valence-electron chi connectivity index (χ1n) is 9.09. The van der Waals surface area contributed by atoms with Crippen LogP contribution in [0, 0.1) is 0 Å². The van der Waals surface area contributed by atoms with E-state index in [1.54, 1.807) is 0 Å². The monoisotopic (exact) mass is 628 g/mol. The molecule has 180 valence electrons. The van der Waals surface area contributed by atoms with Crippen molar-refractivity contribution < 1.29 is 27.9 Å². The molecule has 0 bridgehead atoms. The van der Waals surface area contributed by atoms with Gasteiger partial charge in [0, 0.05) is 24.1 Å². The van der Waals surface area contributed by atoms with Crippen LogP contribution < -0.4 is 4.74 Å². The van der Waals surface area contributed by atoms with Crippen LogP contribution in [-0.2, 0) is 19.6 Å². The lowest BCUT2D eigenvalue weighted by molar-refractivity contribution is -0.158. The van der Waals surface area contributed by atoms with E-state index in [0.29, 0.717) is 24.0 Å². The molecule has 1 N–H and O–H groups in total. The second-order valence-corrected chi connectivity index (χ2v) is 10.4. The standard InChI is InChI=1S/C18H26Br2N2O6S.2ClH/c1-4-5-6-7-8-22(10-9-21(2)3)29(26,27)15-12-13(19)11-14(20)16(15)28-18(25)17(23)24;;/h11-12H,4-10H2,1-3H3,(H,23,24);2*1H. The van der Waals surface area contributed by atoms with E-state index in [-0.39, 0.29) is 46.5 Å². The van der Waals surface area contributed by atoms with Crippen LogP contribution in [-0.4, -0.2) is 68.4 Å². The molecule has 8 nitrogen and oxygen atoms in total. The first-order chi connectivity index (χ1) is 13.5. The summed E-state index contributed by atoms with van der Waals surface area (Å²) in [6.07, 6.45) is 3.62. The van der Waals surface area contributed by atoms with Crippen LogP contribution in [0.5, 0.6) is 5.75 Å². The van der Waals surface area contributed by atoms with Crippen molar-refractivity contribution in [3.8, 4) is 5.75 Å². The molecule has 1 aromatic carbocycles. The maximum Gasteiger partial charge on any atom is 0.422 e. The molecule has 1 aromatic rings. The number of carboxylic acids is 1. The SMILES string of the molecule is CCCCCCN(CCN(C)C)S(=O)(=O)c1cc(Br)cc(Br)c1OC(=O)C(=O)O.Cl.Cl. The minimum absolute atomic E-state index is 0. The van der Waals surface area contributed by atoms with Gasteiger partial charge in [0.15, 0.2) is 5.75 Å². The lowest BCUT2D eigenvalue weighted by atomic mass is 10.2. The van der Waals surface area contributed by atoms with Gasteiger partial charge < -0.3 is 14.7 Å². The van der Waals surface area contributed by atoms with E-state index in [2.05, 4.69) is 38.8 Å². The van der Waals surface area contributed by atoms with Gasteiger partial charge in [0.2, 0.25) is 10.0 Å². The minimum Gasteiger partial charge on any atom is -0.473 e. The maximum atomic E-state index is 13.4. The van der Waals surface area contributed by atoms with Crippen molar-refractivity contribution in [3.63, 3.8) is 0 Å². The van der Waals surface area contributed by atoms with Crippen molar-refractivity contribution in [3.05, 3.63) is 21.1 Å². The van der Waals surface area contributed by atoms with Crippen molar-refractivity contribution in [1.29, 1.82) is 0 Å². The highest BCUT2D eigenvalue weighted by Gasteiger charge is 2.31. The number of nitrogens with zero attached hydrogens (tertiary/aromatic N) is 2. The summed E-state index contributed by atoms with van der Waals surface area (Å²) in [6.45, 7) is 3.14. The normalized spacial score (nSPS) is 11.1. The Bertz CT molecular complexity index is 841. The van der Waals surface area contributed by atoms with E-state index < -0.39 is 22.0 Å². The molecule has 0 spiro atoms. The van der Waals surface area contributed by atoms with Crippen molar-refractivity contribution in [2.45, 2.75) is 37.5 Å². The molecule has 1 rings (SSSR count). The number of carbonyl (C=O) groups is 2. The molecule has 0 saturated heterocycles. The quantitative estimate of drug-likeness (QED) is 0.169. The van der Waals surface area contributed by atoms with Gasteiger partial charge in [0.25, 0.3) is 0 Å². The third-order valence-electron chi connectivity index (χ3n) is 4.02. The van der Waals surface area contributed by atoms with Gasteiger partial charge in [0.1, 0.15) is 4.90 Å². The van der Waals surface area contributed by atoms with E-state index >= 15 is 0 Å². The molecule has 0 aromatic heterocycles. The van der Waals surface area contributed by atoms with Crippen molar-refractivity contribution in [2.24, 2.45) is 0 Å². The number of hydrogen-bond acceptors (Lipinski definition) is 6. The zero-order valence-electron chi connectivity index (χ0n) is 17.5. The van der Waals surface area contributed by atoms with Crippen LogP contribution in [0.3, 0.4) is 0 Å². The van der Waals surface area contributed by atoms with Gasteiger partial charge >= 0.3 is 11.9 Å². The number of unbranched alkanes of at least 4 members (excludes halogenated alkanes) is 3. The molecule has 0 aliphatic rings. The minimum atomic E-state index is -4.05. The molecule has 0 amide bonds. The van der Waals surface area contributed by atoms with E-state index in [4.69, 9.17) is 9.84 Å². The highest BCUT2D eigenvalue weighted by atomic mass is 79.9. The largest absolute Gasteiger partial charge is 0.473 e. The number of esters is 1. The summed E-state index contributed by atoms with van der Waals surface area (Å²) in [5.41, 5.74) is 0. The Morgan fingerprint density at radius 2 is 1.65 bits per heavy atom. The molecular weight excluding hydrogens is 603 g/mol. The summed E-state index contributed by atoms with van der Waals surface area (Å²) in [6, 6.07) is 2.79. The molecule has 31 heavy (non-hydrogen) atoms. The Labute approximate surface area is 212 Å². The Hall–Kier alpha value is -0.430. The van der Waals surface area contributed by atoms with Gasteiger partial charge in [-0.1, -0.05) is 42.1 Å². The van der Waals surface area contributed by atoms with E-state index in [1.807, 2.05) is 19.0 Å². The number of aliphatic carboxylic acids is 1. The fourth-order valence-electron chi connectivity index (χ4n) is 2.48. The lowest BCUT2D eigenvalue weighted by Gasteiger charge is -2.25. The van der Waals surface area contributed by atoms with E-state index in [9.17, 15) is 18.0 Å². The Morgan fingerprint density at radius 3 is 2.16 bits per heavy atom. The molecule has 0 radical (unpaired) electrons. The first kappa shape index (κ1) is 32.7. The second kappa shape index (κ2) is 15.4. The Balaban J connectivity index is 0. The summed E-state index contributed by atoms with van der Waals surface area (Å²) >= 11 is 6.40. The fraction of sp³-hybridized carbons (Fsp3) is 0.556. The highest BCUT2D eigenvalue weighted by Crippen LogP contribution is 2.37. The number of rotatable bonds is 11. The molecule has 0 unspecified atom stereocenters. The summed E-state index contributed by atoms with van der Waals surface area (Å²) < 4.78 is 33.6. The van der Waals surface area contributed by atoms with E-state index in [1.165, 1.54) is 16.4 Å². The summed E-state index contributed by atoms with van der Waals surface area (Å²) in [5, 5.41) is 8.84. The first-order valence-corrected chi connectivity index (χ1v) is 12.1. The van der Waals surface area contributed by atoms with Crippen LogP contribution in [0.25, 0.3) is 0 Å². The summed E-state index contributed by atoms with van der Waals surface area (Å²) in [4.78, 5) is 24.1. The summed E-state index contributed by atoms with van der Waals surface area (Å²) in [7, 11) is -0.365. The van der Waals surface area contributed by atoms with Crippen LogP contribution >= 0.6 is 56.7 Å². The van der Waals surface area contributed by atoms with Crippen molar-refractivity contribution in [2.75, 3.05) is 33.7 Å². The molecule has 0 saturated carbocycles. The predicted molar refractivity (Wildman–Crippen MR) is 131 cm³/mol. The smallest absolute Gasteiger partial charge is 0.422 e.